The molecule has 0 radical (unpaired) electrons. The molecule has 0 unspecified atom stereocenters. The summed E-state index contributed by atoms with van der Waals surface area (Å²) >= 11 is 1.39. The average molecular weight is 396 g/mol. The second-order valence-corrected chi connectivity index (χ2v) is 8.35. The predicted molar refractivity (Wildman–Crippen MR) is 113 cm³/mol. The van der Waals surface area contributed by atoms with E-state index in [1.165, 1.54) is 11.8 Å². The molecule has 7 heteroatoms. The van der Waals surface area contributed by atoms with Gasteiger partial charge in [0, 0.05) is 30.7 Å². The van der Waals surface area contributed by atoms with Crippen LogP contribution in [-0.4, -0.2) is 30.9 Å². The number of pyridine rings is 1. The smallest absolute Gasteiger partial charge is 0.237 e. The molecule has 0 saturated heterocycles. The second-order valence-electron chi connectivity index (χ2n) is 7.04. The molecule has 146 valence electrons. The third-order valence-electron chi connectivity index (χ3n) is 4.60. The third-order valence-corrected chi connectivity index (χ3v) is 5.73. The van der Waals surface area contributed by atoms with Crippen molar-refractivity contribution in [2.45, 2.75) is 44.0 Å². The van der Waals surface area contributed by atoms with Gasteiger partial charge in [-0.2, -0.15) is 0 Å². The van der Waals surface area contributed by atoms with Crippen molar-refractivity contribution in [1.82, 2.24) is 19.7 Å². The zero-order chi connectivity index (χ0) is 20.3. The summed E-state index contributed by atoms with van der Waals surface area (Å²) in [5.41, 5.74) is 4.06. The molecular formula is C21H25N5OS. The van der Waals surface area contributed by atoms with Crippen molar-refractivity contribution in [3.8, 4) is 11.4 Å². The summed E-state index contributed by atoms with van der Waals surface area (Å²) in [4.78, 5) is 16.9. The maximum absolute atomic E-state index is 12.8. The average Bonchev–Trinajstić information content (AvgIpc) is 3.04. The molecule has 0 spiro atoms. The Morgan fingerprint density at radius 1 is 1.11 bits per heavy atom. The van der Waals surface area contributed by atoms with Gasteiger partial charge in [-0.1, -0.05) is 43.8 Å². The predicted octanol–water partition coefficient (Wildman–Crippen LogP) is 4.43. The van der Waals surface area contributed by atoms with Gasteiger partial charge in [-0.15, -0.1) is 10.2 Å². The number of aromatic nitrogens is 4. The Labute approximate surface area is 169 Å². The van der Waals surface area contributed by atoms with Crippen LogP contribution < -0.4 is 5.32 Å². The first-order valence-corrected chi connectivity index (χ1v) is 10.1. The minimum absolute atomic E-state index is 0.0466. The largest absolute Gasteiger partial charge is 0.325 e. The highest BCUT2D eigenvalue weighted by molar-refractivity contribution is 8.00. The molecular weight excluding hydrogens is 370 g/mol. The van der Waals surface area contributed by atoms with Gasteiger partial charge in [0.1, 0.15) is 0 Å². The van der Waals surface area contributed by atoms with Gasteiger partial charge >= 0.3 is 0 Å². The Bertz CT molecular complexity index is 968. The summed E-state index contributed by atoms with van der Waals surface area (Å²) in [7, 11) is 1.90. The Kier molecular flexibility index (Phi) is 6.14. The molecule has 0 aliphatic rings. The van der Waals surface area contributed by atoms with E-state index in [1.54, 1.807) is 12.4 Å². The molecule has 0 saturated carbocycles. The fraction of sp³-hybridized carbons (Fsp3) is 0.333. The Morgan fingerprint density at radius 2 is 1.82 bits per heavy atom. The number of benzene rings is 1. The first-order valence-electron chi connectivity index (χ1n) is 9.25. The number of para-hydroxylation sites is 1. The van der Waals surface area contributed by atoms with Gasteiger partial charge in [0.2, 0.25) is 5.91 Å². The van der Waals surface area contributed by atoms with E-state index in [0.717, 1.165) is 28.2 Å². The summed E-state index contributed by atoms with van der Waals surface area (Å²) < 4.78 is 1.90. The fourth-order valence-corrected chi connectivity index (χ4v) is 3.76. The quantitative estimate of drug-likeness (QED) is 0.625. The lowest BCUT2D eigenvalue weighted by Crippen LogP contribution is -2.24. The first-order chi connectivity index (χ1) is 13.4. The number of hydrogen-bond acceptors (Lipinski definition) is 5. The van der Waals surface area contributed by atoms with Crippen molar-refractivity contribution in [3.05, 3.63) is 53.9 Å². The number of thioether (sulfide) groups is 1. The molecule has 6 nitrogen and oxygen atoms in total. The van der Waals surface area contributed by atoms with E-state index in [1.807, 2.05) is 49.7 Å². The lowest BCUT2D eigenvalue weighted by Gasteiger charge is -2.18. The maximum atomic E-state index is 12.8. The maximum Gasteiger partial charge on any atom is 0.237 e. The van der Waals surface area contributed by atoms with E-state index in [4.69, 9.17) is 0 Å². The van der Waals surface area contributed by atoms with Crippen LogP contribution in [0.25, 0.3) is 11.4 Å². The van der Waals surface area contributed by atoms with E-state index in [9.17, 15) is 4.79 Å². The standard InChI is InChI=1S/C21H25N5OS/c1-13(2)17-8-6-7-14(3)18(17)23-20(27)15(4)28-21-25-24-19(26(21)5)16-9-11-22-12-10-16/h6-13,15H,1-5H3,(H,23,27)/t15-/m1/s1. The zero-order valence-electron chi connectivity index (χ0n) is 16.8. The number of nitrogens with one attached hydrogen (secondary N) is 1. The normalized spacial score (nSPS) is 12.2. The number of aryl methyl sites for hydroxylation is 1. The van der Waals surface area contributed by atoms with Gasteiger partial charge in [-0.25, -0.2) is 0 Å². The Morgan fingerprint density at radius 3 is 2.50 bits per heavy atom. The summed E-state index contributed by atoms with van der Waals surface area (Å²) in [5, 5.41) is 12.0. The van der Waals surface area contributed by atoms with Crippen molar-refractivity contribution in [2.24, 2.45) is 7.05 Å². The topological polar surface area (TPSA) is 72.7 Å². The van der Waals surface area contributed by atoms with E-state index in [2.05, 4.69) is 40.4 Å². The van der Waals surface area contributed by atoms with Crippen LogP contribution in [0.1, 0.15) is 37.8 Å². The van der Waals surface area contributed by atoms with Crippen LogP contribution in [0, 0.1) is 6.92 Å². The molecule has 2 aromatic heterocycles. The molecule has 3 aromatic rings. The van der Waals surface area contributed by atoms with Crippen molar-refractivity contribution >= 4 is 23.4 Å². The second kappa shape index (κ2) is 8.56. The lowest BCUT2D eigenvalue weighted by molar-refractivity contribution is -0.115. The summed E-state index contributed by atoms with van der Waals surface area (Å²) in [6, 6.07) is 9.89. The van der Waals surface area contributed by atoms with Gasteiger partial charge in [0.25, 0.3) is 0 Å². The minimum Gasteiger partial charge on any atom is -0.325 e. The molecule has 0 aliphatic heterocycles. The lowest BCUT2D eigenvalue weighted by atomic mass is 9.98. The van der Waals surface area contributed by atoms with Gasteiger partial charge in [0.05, 0.1) is 5.25 Å². The van der Waals surface area contributed by atoms with Crippen molar-refractivity contribution in [1.29, 1.82) is 0 Å². The highest BCUT2D eigenvalue weighted by atomic mass is 32.2. The first kappa shape index (κ1) is 20.1. The SMILES string of the molecule is Cc1cccc(C(C)C)c1NC(=O)[C@@H](C)Sc1nnc(-c2ccncc2)n1C. The highest BCUT2D eigenvalue weighted by Crippen LogP contribution is 2.30. The zero-order valence-corrected chi connectivity index (χ0v) is 17.6. The van der Waals surface area contributed by atoms with Crippen LogP contribution in [0.4, 0.5) is 5.69 Å². The number of carbonyl (C=O) groups excluding carboxylic acids is 1. The number of carbonyl (C=O) groups is 1. The van der Waals surface area contributed by atoms with Crippen molar-refractivity contribution in [3.63, 3.8) is 0 Å². The van der Waals surface area contributed by atoms with Crippen LogP contribution in [-0.2, 0) is 11.8 Å². The molecule has 2 heterocycles. The third kappa shape index (κ3) is 4.25. The van der Waals surface area contributed by atoms with E-state index >= 15 is 0 Å². The molecule has 28 heavy (non-hydrogen) atoms. The van der Waals surface area contributed by atoms with Gasteiger partial charge in [-0.05, 0) is 43.0 Å². The number of hydrogen-bond donors (Lipinski definition) is 1. The van der Waals surface area contributed by atoms with Gasteiger partial charge < -0.3 is 9.88 Å². The highest BCUT2D eigenvalue weighted by Gasteiger charge is 2.21. The van der Waals surface area contributed by atoms with Gasteiger partial charge in [-0.3, -0.25) is 9.78 Å². The van der Waals surface area contributed by atoms with Crippen LogP contribution >= 0.6 is 11.8 Å². The van der Waals surface area contributed by atoms with Crippen LogP contribution in [0.5, 0.6) is 0 Å². The summed E-state index contributed by atoms with van der Waals surface area (Å²) in [6.07, 6.45) is 3.45. The molecule has 1 aromatic carbocycles. The van der Waals surface area contributed by atoms with Crippen LogP contribution in [0.15, 0.2) is 47.9 Å². The minimum atomic E-state index is -0.312. The van der Waals surface area contributed by atoms with Crippen molar-refractivity contribution in [2.75, 3.05) is 5.32 Å². The Hall–Kier alpha value is -2.67. The number of rotatable bonds is 6. The number of anilines is 1. The molecule has 1 atom stereocenters. The molecule has 0 aliphatic carbocycles. The van der Waals surface area contributed by atoms with E-state index < -0.39 is 0 Å². The van der Waals surface area contributed by atoms with Crippen molar-refractivity contribution < 1.29 is 4.79 Å². The molecule has 0 fully saturated rings. The van der Waals surface area contributed by atoms with Crippen LogP contribution in [0.2, 0.25) is 0 Å². The van der Waals surface area contributed by atoms with Crippen LogP contribution in [0.3, 0.4) is 0 Å². The summed E-state index contributed by atoms with van der Waals surface area (Å²) in [6.45, 7) is 8.16. The number of nitrogens with zero attached hydrogens (tertiary/aromatic N) is 4. The summed E-state index contributed by atoms with van der Waals surface area (Å²) in [5.74, 6) is 1.04. The molecule has 0 bridgehead atoms. The Balaban J connectivity index is 1.75. The van der Waals surface area contributed by atoms with Gasteiger partial charge in [0.15, 0.2) is 11.0 Å². The monoisotopic (exact) mass is 395 g/mol. The van der Waals surface area contributed by atoms with E-state index in [-0.39, 0.29) is 11.2 Å². The molecule has 1 amide bonds. The fourth-order valence-electron chi connectivity index (χ4n) is 2.95. The molecule has 3 rings (SSSR count). The number of amides is 1. The molecule has 1 N–H and O–H groups in total. The van der Waals surface area contributed by atoms with E-state index in [0.29, 0.717) is 11.1 Å².